The number of rotatable bonds is 6. The summed E-state index contributed by atoms with van der Waals surface area (Å²) >= 11 is 13.8. The average molecular weight is 510 g/mol. The molecule has 0 atom stereocenters. The number of hydrogen-bond acceptors (Lipinski definition) is 5. The van der Waals surface area contributed by atoms with Gasteiger partial charge in [-0.3, -0.25) is 9.71 Å². The highest BCUT2D eigenvalue weighted by Crippen LogP contribution is 2.40. The first-order chi connectivity index (χ1) is 14.4. The molecule has 0 saturated carbocycles. The molecule has 0 aliphatic carbocycles. The molecule has 2 heterocycles. The van der Waals surface area contributed by atoms with Gasteiger partial charge in [0.05, 0.1) is 21.4 Å². The van der Waals surface area contributed by atoms with Crippen LogP contribution in [-0.2, 0) is 16.4 Å². The molecule has 1 N–H and O–H groups in total. The van der Waals surface area contributed by atoms with Gasteiger partial charge in [-0.2, -0.15) is 21.6 Å². The molecule has 0 unspecified atom stereocenters. The molecule has 0 saturated heterocycles. The minimum absolute atomic E-state index is 0.0422. The summed E-state index contributed by atoms with van der Waals surface area (Å²) in [5.74, 6) is 0.445. The van der Waals surface area contributed by atoms with Gasteiger partial charge in [0.15, 0.2) is 0 Å². The summed E-state index contributed by atoms with van der Waals surface area (Å²) in [6.45, 7) is 4.19. The van der Waals surface area contributed by atoms with Crippen molar-refractivity contribution < 1.29 is 21.6 Å². The third kappa shape index (κ3) is 5.49. The predicted octanol–water partition coefficient (Wildman–Crippen LogP) is 6.64. The van der Waals surface area contributed by atoms with Crippen LogP contribution in [0, 0.1) is 5.92 Å². The summed E-state index contributed by atoms with van der Waals surface area (Å²) in [6, 6.07) is 5.88. The van der Waals surface area contributed by atoms with Crippen molar-refractivity contribution in [2.45, 2.75) is 25.8 Å². The van der Waals surface area contributed by atoms with E-state index in [2.05, 4.69) is 23.8 Å². The Morgan fingerprint density at radius 2 is 1.81 bits per heavy atom. The predicted molar refractivity (Wildman–Crippen MR) is 118 cm³/mol. The number of hydrogen-bond donors (Lipinski definition) is 1. The summed E-state index contributed by atoms with van der Waals surface area (Å²) < 4.78 is 61.8. The highest BCUT2D eigenvalue weighted by Gasteiger charge is 2.46. The largest absolute Gasteiger partial charge is 0.516 e. The lowest BCUT2D eigenvalue weighted by molar-refractivity contribution is -0.0429. The van der Waals surface area contributed by atoms with Crippen molar-refractivity contribution in [2.24, 2.45) is 5.92 Å². The van der Waals surface area contributed by atoms with Gasteiger partial charge >= 0.3 is 15.5 Å². The number of anilines is 1. The van der Waals surface area contributed by atoms with Crippen LogP contribution in [0.2, 0.25) is 10.0 Å². The molecule has 3 rings (SSSR count). The molecule has 0 bridgehead atoms. The van der Waals surface area contributed by atoms with E-state index in [9.17, 15) is 21.6 Å². The van der Waals surface area contributed by atoms with E-state index in [1.54, 1.807) is 11.6 Å². The number of nitrogens with one attached hydrogen (secondary N) is 1. The summed E-state index contributed by atoms with van der Waals surface area (Å²) in [5, 5.41) is 2.32. The van der Waals surface area contributed by atoms with Crippen molar-refractivity contribution in [1.29, 1.82) is 0 Å². The van der Waals surface area contributed by atoms with E-state index in [1.165, 1.54) is 16.1 Å². The van der Waals surface area contributed by atoms with Gasteiger partial charge in [-0.25, -0.2) is 4.98 Å². The Bertz CT molecular complexity index is 1190. The fourth-order valence-electron chi connectivity index (χ4n) is 2.75. The van der Waals surface area contributed by atoms with E-state index in [4.69, 9.17) is 23.2 Å². The Kier molecular flexibility index (Phi) is 6.85. The molecule has 0 spiro atoms. The SMILES string of the molecule is CC(C)Cc1cc(-c2nc(-c3c(Cl)cc(NS(=O)(=O)C(F)(F)F)cc3Cl)cs2)ccn1. The molecule has 2 aromatic heterocycles. The first-order valence-electron chi connectivity index (χ1n) is 8.86. The maximum atomic E-state index is 12.6. The molecule has 0 radical (unpaired) electrons. The number of benzene rings is 1. The van der Waals surface area contributed by atoms with Crippen molar-refractivity contribution >= 4 is 50.2 Å². The zero-order valence-corrected chi connectivity index (χ0v) is 19.3. The second kappa shape index (κ2) is 8.93. The lowest BCUT2D eigenvalue weighted by Gasteiger charge is -2.13. The van der Waals surface area contributed by atoms with Crippen LogP contribution in [-0.4, -0.2) is 23.9 Å². The van der Waals surface area contributed by atoms with Crippen LogP contribution in [0.1, 0.15) is 19.5 Å². The second-order valence-electron chi connectivity index (χ2n) is 7.04. The van der Waals surface area contributed by atoms with Crippen LogP contribution in [0.25, 0.3) is 21.8 Å². The van der Waals surface area contributed by atoms with Crippen molar-refractivity contribution in [1.82, 2.24) is 9.97 Å². The lowest BCUT2D eigenvalue weighted by Crippen LogP contribution is -2.29. The standard InChI is InChI=1S/C19H16Cl2F3N3O2S2/c1-10(2)5-12-6-11(3-4-25-12)18-26-16(9-30-18)17-14(20)7-13(8-15(17)21)27-31(28,29)19(22,23)24/h3-4,6-10,27H,5H2,1-2H3. The van der Waals surface area contributed by atoms with Gasteiger partial charge in [-0.15, -0.1) is 11.3 Å². The molecule has 1 aromatic carbocycles. The Labute approximate surface area is 191 Å². The van der Waals surface area contributed by atoms with E-state index in [0.717, 1.165) is 29.8 Å². The average Bonchev–Trinajstić information content (AvgIpc) is 3.09. The maximum absolute atomic E-state index is 12.6. The molecule has 0 fully saturated rings. The van der Waals surface area contributed by atoms with Gasteiger partial charge in [0.2, 0.25) is 0 Å². The second-order valence-corrected chi connectivity index (χ2v) is 10.4. The van der Waals surface area contributed by atoms with Crippen molar-refractivity contribution in [2.75, 3.05) is 4.72 Å². The molecule has 0 amide bonds. The third-order valence-corrected chi connectivity index (χ3v) is 6.64. The molecule has 0 aliphatic rings. The first kappa shape index (κ1) is 23.8. The highest BCUT2D eigenvalue weighted by atomic mass is 35.5. The number of aromatic nitrogens is 2. The summed E-state index contributed by atoms with van der Waals surface area (Å²) in [4.78, 5) is 8.89. The van der Waals surface area contributed by atoms with Crippen LogP contribution in [0.3, 0.4) is 0 Å². The minimum atomic E-state index is -5.59. The van der Waals surface area contributed by atoms with Gasteiger partial charge < -0.3 is 0 Å². The van der Waals surface area contributed by atoms with Crippen LogP contribution in [0.15, 0.2) is 35.8 Å². The normalized spacial score (nSPS) is 12.4. The van der Waals surface area contributed by atoms with Crippen molar-refractivity contribution in [3.8, 4) is 21.8 Å². The number of halogens is 5. The Hall–Kier alpha value is -1.88. The third-order valence-electron chi connectivity index (χ3n) is 4.04. The number of nitrogens with zero attached hydrogens (tertiary/aromatic N) is 2. The van der Waals surface area contributed by atoms with E-state index in [-0.39, 0.29) is 15.6 Å². The fourth-order valence-corrected chi connectivity index (χ4v) is 4.78. The Morgan fingerprint density at radius 3 is 2.39 bits per heavy atom. The molecular weight excluding hydrogens is 494 g/mol. The monoisotopic (exact) mass is 509 g/mol. The first-order valence-corrected chi connectivity index (χ1v) is 12.0. The van der Waals surface area contributed by atoms with Crippen molar-refractivity contribution in [3.05, 3.63) is 51.6 Å². The molecule has 166 valence electrons. The molecule has 5 nitrogen and oxygen atoms in total. The zero-order valence-electron chi connectivity index (χ0n) is 16.2. The minimum Gasteiger partial charge on any atom is -0.276 e. The number of alkyl halides is 3. The Morgan fingerprint density at radius 1 is 1.16 bits per heavy atom. The Balaban J connectivity index is 1.92. The smallest absolute Gasteiger partial charge is 0.276 e. The maximum Gasteiger partial charge on any atom is 0.516 e. The topological polar surface area (TPSA) is 72.0 Å². The van der Waals surface area contributed by atoms with Crippen LogP contribution >= 0.6 is 34.5 Å². The number of pyridine rings is 1. The van der Waals surface area contributed by atoms with Crippen molar-refractivity contribution in [3.63, 3.8) is 0 Å². The van der Waals surface area contributed by atoms with E-state index in [1.807, 2.05) is 12.1 Å². The van der Waals surface area contributed by atoms with Gasteiger partial charge in [0.25, 0.3) is 0 Å². The van der Waals surface area contributed by atoms with Gasteiger partial charge in [0, 0.05) is 28.4 Å². The molecule has 3 aromatic rings. The van der Waals surface area contributed by atoms with Crippen LogP contribution in [0.5, 0.6) is 0 Å². The van der Waals surface area contributed by atoms with Gasteiger partial charge in [-0.1, -0.05) is 37.0 Å². The molecule has 12 heteroatoms. The molecular formula is C19H16Cl2F3N3O2S2. The highest BCUT2D eigenvalue weighted by molar-refractivity contribution is 7.93. The van der Waals surface area contributed by atoms with Gasteiger partial charge in [0.1, 0.15) is 5.01 Å². The quantitative estimate of drug-likeness (QED) is 0.404. The molecule has 0 aliphatic heterocycles. The fraction of sp³-hybridized carbons (Fsp3) is 0.263. The summed E-state index contributed by atoms with van der Waals surface area (Å²) in [7, 11) is -5.59. The van der Waals surface area contributed by atoms with Crippen LogP contribution in [0.4, 0.5) is 18.9 Å². The number of sulfonamides is 1. The van der Waals surface area contributed by atoms with E-state index >= 15 is 0 Å². The lowest BCUT2D eigenvalue weighted by atomic mass is 10.1. The summed E-state index contributed by atoms with van der Waals surface area (Å²) in [5.41, 5.74) is -3.36. The van der Waals surface area contributed by atoms with E-state index < -0.39 is 21.2 Å². The molecule has 31 heavy (non-hydrogen) atoms. The summed E-state index contributed by atoms with van der Waals surface area (Å²) in [6.07, 6.45) is 2.52. The van der Waals surface area contributed by atoms with E-state index in [0.29, 0.717) is 16.6 Å². The zero-order chi connectivity index (χ0) is 23.0. The van der Waals surface area contributed by atoms with Crippen LogP contribution < -0.4 is 4.72 Å². The number of thiazole rings is 1. The van der Waals surface area contributed by atoms with Gasteiger partial charge in [-0.05, 0) is 36.6 Å².